The molecule has 2 aromatic carbocycles. The SMILES string of the molecule is CN(c1ccccc1)S(=O)(=O)c1cccc(-c2nc(Cc3ccno3)no2)c1. The summed E-state index contributed by atoms with van der Waals surface area (Å²) in [6.07, 6.45) is 1.87. The van der Waals surface area contributed by atoms with E-state index in [4.69, 9.17) is 9.05 Å². The molecule has 0 radical (unpaired) electrons. The van der Waals surface area contributed by atoms with Gasteiger partial charge >= 0.3 is 0 Å². The van der Waals surface area contributed by atoms with E-state index < -0.39 is 10.0 Å². The van der Waals surface area contributed by atoms with Crippen LogP contribution in [0.3, 0.4) is 0 Å². The average molecular weight is 396 g/mol. The summed E-state index contributed by atoms with van der Waals surface area (Å²) >= 11 is 0. The highest BCUT2D eigenvalue weighted by Crippen LogP contribution is 2.26. The van der Waals surface area contributed by atoms with Crippen molar-refractivity contribution in [1.82, 2.24) is 15.3 Å². The van der Waals surface area contributed by atoms with Crippen LogP contribution in [-0.4, -0.2) is 30.8 Å². The summed E-state index contributed by atoms with van der Waals surface area (Å²) in [5.74, 6) is 1.25. The Morgan fingerprint density at radius 1 is 1.00 bits per heavy atom. The molecule has 0 saturated heterocycles. The van der Waals surface area contributed by atoms with Crippen molar-refractivity contribution < 1.29 is 17.5 Å². The predicted molar refractivity (Wildman–Crippen MR) is 101 cm³/mol. The van der Waals surface area contributed by atoms with Gasteiger partial charge in [0.25, 0.3) is 15.9 Å². The first kappa shape index (κ1) is 17.9. The summed E-state index contributed by atoms with van der Waals surface area (Å²) in [6.45, 7) is 0. The van der Waals surface area contributed by atoms with Crippen LogP contribution in [0.5, 0.6) is 0 Å². The summed E-state index contributed by atoms with van der Waals surface area (Å²) < 4.78 is 37.5. The second-order valence-corrected chi connectivity index (χ2v) is 7.98. The highest BCUT2D eigenvalue weighted by Gasteiger charge is 2.22. The van der Waals surface area contributed by atoms with E-state index in [0.717, 1.165) is 0 Å². The fourth-order valence-electron chi connectivity index (χ4n) is 2.66. The Bertz CT molecular complexity index is 1170. The van der Waals surface area contributed by atoms with Crippen molar-refractivity contribution in [3.05, 3.63) is 78.4 Å². The molecule has 0 aliphatic rings. The molecule has 9 heteroatoms. The van der Waals surface area contributed by atoms with Crippen molar-refractivity contribution in [2.75, 3.05) is 11.4 Å². The third-order valence-corrected chi connectivity index (χ3v) is 5.93. The Morgan fingerprint density at radius 2 is 1.82 bits per heavy atom. The third-order valence-electron chi connectivity index (χ3n) is 4.15. The molecule has 0 aliphatic heterocycles. The molecule has 2 aromatic heterocycles. The molecular formula is C19H16N4O4S. The maximum absolute atomic E-state index is 13.0. The van der Waals surface area contributed by atoms with Crippen LogP contribution in [-0.2, 0) is 16.4 Å². The van der Waals surface area contributed by atoms with Gasteiger partial charge in [0.05, 0.1) is 23.2 Å². The van der Waals surface area contributed by atoms with Gasteiger partial charge in [0.2, 0.25) is 0 Å². The second-order valence-electron chi connectivity index (χ2n) is 6.01. The van der Waals surface area contributed by atoms with Crippen LogP contribution in [0.2, 0.25) is 0 Å². The zero-order valence-corrected chi connectivity index (χ0v) is 15.7. The lowest BCUT2D eigenvalue weighted by molar-refractivity contribution is 0.382. The van der Waals surface area contributed by atoms with Crippen molar-refractivity contribution in [3.63, 3.8) is 0 Å². The van der Waals surface area contributed by atoms with Crippen LogP contribution in [0.4, 0.5) is 5.69 Å². The lowest BCUT2D eigenvalue weighted by Gasteiger charge is -2.19. The zero-order chi connectivity index (χ0) is 19.6. The fourth-order valence-corrected chi connectivity index (χ4v) is 3.90. The van der Waals surface area contributed by atoms with E-state index in [2.05, 4.69) is 15.3 Å². The molecule has 0 N–H and O–H groups in total. The molecule has 0 unspecified atom stereocenters. The molecule has 4 aromatic rings. The summed E-state index contributed by atoms with van der Waals surface area (Å²) in [5.41, 5.74) is 1.08. The average Bonchev–Trinajstić information content (AvgIpc) is 3.41. The summed E-state index contributed by atoms with van der Waals surface area (Å²) in [6, 6.07) is 17.0. The summed E-state index contributed by atoms with van der Waals surface area (Å²) in [5, 5.41) is 7.54. The number of benzene rings is 2. The minimum absolute atomic E-state index is 0.131. The van der Waals surface area contributed by atoms with Crippen LogP contribution < -0.4 is 4.31 Å². The van der Waals surface area contributed by atoms with E-state index in [1.165, 1.54) is 29.7 Å². The minimum Gasteiger partial charge on any atom is -0.361 e. The first-order valence-electron chi connectivity index (χ1n) is 8.40. The molecule has 0 amide bonds. The smallest absolute Gasteiger partial charge is 0.264 e. The molecular weight excluding hydrogens is 380 g/mol. The number of para-hydroxylation sites is 1. The monoisotopic (exact) mass is 396 g/mol. The standard InChI is InChI=1S/C19H16N4O4S/c1-23(15-7-3-2-4-8-15)28(24,25)17-9-5-6-14(12-17)19-21-18(22-27-19)13-16-10-11-20-26-16/h2-12H,13H2,1H3. The Morgan fingerprint density at radius 3 is 2.57 bits per heavy atom. The van der Waals surface area contributed by atoms with Crippen LogP contribution in [0.25, 0.3) is 11.5 Å². The highest BCUT2D eigenvalue weighted by molar-refractivity contribution is 7.92. The van der Waals surface area contributed by atoms with Crippen molar-refractivity contribution >= 4 is 15.7 Å². The van der Waals surface area contributed by atoms with Gasteiger partial charge in [-0.1, -0.05) is 34.6 Å². The lowest BCUT2D eigenvalue weighted by Crippen LogP contribution is -2.26. The van der Waals surface area contributed by atoms with Crippen LogP contribution in [0.15, 0.2) is 80.8 Å². The molecule has 0 atom stereocenters. The molecule has 2 heterocycles. The number of hydrogen-bond donors (Lipinski definition) is 0. The number of hydrogen-bond acceptors (Lipinski definition) is 7. The maximum atomic E-state index is 13.0. The molecule has 0 saturated carbocycles. The Hall–Kier alpha value is -3.46. The lowest BCUT2D eigenvalue weighted by atomic mass is 10.2. The molecule has 0 bridgehead atoms. The van der Waals surface area contributed by atoms with Gasteiger partial charge in [-0.3, -0.25) is 4.31 Å². The Balaban J connectivity index is 1.62. The molecule has 4 rings (SSSR count). The highest BCUT2D eigenvalue weighted by atomic mass is 32.2. The molecule has 0 aliphatic carbocycles. The second kappa shape index (κ2) is 7.28. The van der Waals surface area contributed by atoms with Crippen LogP contribution in [0, 0.1) is 0 Å². The van der Waals surface area contributed by atoms with E-state index in [9.17, 15) is 8.42 Å². The van der Waals surface area contributed by atoms with Gasteiger partial charge in [-0.2, -0.15) is 4.98 Å². The normalized spacial score (nSPS) is 11.5. The minimum atomic E-state index is -3.74. The Kier molecular flexibility index (Phi) is 4.66. The molecule has 8 nitrogen and oxygen atoms in total. The number of rotatable bonds is 6. The number of sulfonamides is 1. The van der Waals surface area contributed by atoms with E-state index in [1.807, 2.05) is 6.07 Å². The van der Waals surface area contributed by atoms with Gasteiger partial charge in [-0.15, -0.1) is 0 Å². The fraction of sp³-hybridized carbons (Fsp3) is 0.105. The summed E-state index contributed by atoms with van der Waals surface area (Å²) in [7, 11) is -2.22. The maximum Gasteiger partial charge on any atom is 0.264 e. The topological polar surface area (TPSA) is 102 Å². The van der Waals surface area contributed by atoms with Crippen molar-refractivity contribution in [1.29, 1.82) is 0 Å². The van der Waals surface area contributed by atoms with Crippen LogP contribution >= 0.6 is 0 Å². The molecule has 28 heavy (non-hydrogen) atoms. The van der Waals surface area contributed by atoms with Gasteiger partial charge in [0.1, 0.15) is 5.76 Å². The number of anilines is 1. The first-order valence-corrected chi connectivity index (χ1v) is 9.84. The van der Waals surface area contributed by atoms with E-state index in [-0.39, 0.29) is 10.8 Å². The molecule has 142 valence electrons. The summed E-state index contributed by atoms with van der Waals surface area (Å²) in [4.78, 5) is 4.44. The number of aromatic nitrogens is 3. The predicted octanol–water partition coefficient (Wildman–Crippen LogP) is 3.14. The van der Waals surface area contributed by atoms with Crippen molar-refractivity contribution in [3.8, 4) is 11.5 Å². The number of nitrogens with zero attached hydrogens (tertiary/aromatic N) is 4. The van der Waals surface area contributed by atoms with Gasteiger partial charge in [-0.05, 0) is 30.3 Å². The van der Waals surface area contributed by atoms with Crippen molar-refractivity contribution in [2.45, 2.75) is 11.3 Å². The van der Waals surface area contributed by atoms with E-state index in [0.29, 0.717) is 29.3 Å². The quantitative estimate of drug-likeness (QED) is 0.493. The van der Waals surface area contributed by atoms with E-state index >= 15 is 0 Å². The first-order chi connectivity index (χ1) is 13.5. The van der Waals surface area contributed by atoms with Gasteiger partial charge in [-0.25, -0.2) is 8.42 Å². The third kappa shape index (κ3) is 3.52. The molecule has 0 spiro atoms. The zero-order valence-electron chi connectivity index (χ0n) is 14.9. The van der Waals surface area contributed by atoms with Crippen LogP contribution in [0.1, 0.15) is 11.6 Å². The molecule has 0 fully saturated rings. The van der Waals surface area contributed by atoms with Crippen molar-refractivity contribution in [2.24, 2.45) is 0 Å². The largest absolute Gasteiger partial charge is 0.361 e. The Labute approximate surface area is 161 Å². The van der Waals surface area contributed by atoms with E-state index in [1.54, 1.807) is 42.5 Å². The van der Waals surface area contributed by atoms with Gasteiger partial charge in [0.15, 0.2) is 5.82 Å². The van der Waals surface area contributed by atoms with Gasteiger partial charge in [0, 0.05) is 18.7 Å². The van der Waals surface area contributed by atoms with Gasteiger partial charge < -0.3 is 9.05 Å².